The Morgan fingerprint density at radius 2 is 0.787 bits per heavy atom. The summed E-state index contributed by atoms with van der Waals surface area (Å²) in [6.45, 7) is 3.86. The van der Waals surface area contributed by atoms with E-state index in [9.17, 15) is 30.3 Å². The van der Waals surface area contributed by atoms with Crippen molar-refractivity contribution in [3.63, 3.8) is 0 Å². The van der Waals surface area contributed by atoms with Crippen LogP contribution >= 0.6 is 0 Å². The van der Waals surface area contributed by atoms with Crippen LogP contribution in [0, 0.1) is 0 Å². The number of unbranched alkanes of at least 4 members (excludes halogenated alkanes) is 44. The van der Waals surface area contributed by atoms with Crippen molar-refractivity contribution >= 4 is 5.91 Å². The number of aliphatic hydroxyl groups excluding tert-OH is 5. The quantitative estimate of drug-likeness (QED) is 0.0261. The second-order valence-electron chi connectivity index (χ2n) is 23.3. The van der Waals surface area contributed by atoms with Crippen LogP contribution in [0.15, 0.2) is 24.3 Å². The molecule has 1 aliphatic rings. The molecule has 9 nitrogen and oxygen atoms in total. The lowest BCUT2D eigenvalue weighted by Crippen LogP contribution is -2.60. The maximum absolute atomic E-state index is 13.1. The van der Waals surface area contributed by atoms with Gasteiger partial charge >= 0.3 is 0 Å². The number of aliphatic hydroxyl groups is 5. The lowest BCUT2D eigenvalue weighted by atomic mass is 9.99. The normalized spacial score (nSPS) is 18.9. The van der Waals surface area contributed by atoms with Crippen LogP contribution in [-0.4, -0.2) is 87.5 Å². The number of rotatable bonds is 58. The number of hydrogen-bond acceptors (Lipinski definition) is 8. The van der Waals surface area contributed by atoms with Crippen molar-refractivity contribution in [3.05, 3.63) is 24.3 Å². The average molecular weight is 1060 g/mol. The zero-order valence-corrected chi connectivity index (χ0v) is 49.6. The van der Waals surface area contributed by atoms with Gasteiger partial charge in [-0.3, -0.25) is 4.79 Å². The zero-order valence-electron chi connectivity index (χ0n) is 49.6. The van der Waals surface area contributed by atoms with Crippen molar-refractivity contribution in [1.29, 1.82) is 0 Å². The summed E-state index contributed by atoms with van der Waals surface area (Å²) in [6, 6.07) is -0.715. The average Bonchev–Trinajstić information content (AvgIpc) is 3.41. The van der Waals surface area contributed by atoms with Gasteiger partial charge in [-0.2, -0.15) is 0 Å². The molecule has 0 aromatic carbocycles. The van der Waals surface area contributed by atoms with Crippen molar-refractivity contribution in [2.75, 3.05) is 13.2 Å². The predicted octanol–water partition coefficient (Wildman–Crippen LogP) is 17.3. The number of allylic oxidation sites excluding steroid dienone is 4. The van der Waals surface area contributed by atoms with Crippen LogP contribution in [0.1, 0.15) is 335 Å². The van der Waals surface area contributed by atoms with E-state index in [1.165, 1.54) is 263 Å². The van der Waals surface area contributed by atoms with Gasteiger partial charge in [-0.1, -0.05) is 308 Å². The van der Waals surface area contributed by atoms with Gasteiger partial charge in [0.15, 0.2) is 6.29 Å². The Labute approximate surface area is 464 Å². The molecule has 0 aromatic rings. The van der Waals surface area contributed by atoms with Crippen LogP contribution in [0.5, 0.6) is 0 Å². The highest BCUT2D eigenvalue weighted by molar-refractivity contribution is 5.76. The Kier molecular flexibility index (Phi) is 53.5. The van der Waals surface area contributed by atoms with Gasteiger partial charge < -0.3 is 40.3 Å². The van der Waals surface area contributed by atoms with Gasteiger partial charge in [-0.05, 0) is 44.9 Å². The Bertz CT molecular complexity index is 1230. The van der Waals surface area contributed by atoms with Gasteiger partial charge in [-0.25, -0.2) is 0 Å². The maximum atomic E-state index is 13.1. The molecule has 7 unspecified atom stereocenters. The van der Waals surface area contributed by atoms with E-state index in [0.717, 1.165) is 44.9 Å². The molecule has 1 rings (SSSR count). The van der Waals surface area contributed by atoms with E-state index in [4.69, 9.17) is 9.47 Å². The minimum atomic E-state index is -1.55. The first-order chi connectivity index (χ1) is 36.8. The van der Waals surface area contributed by atoms with E-state index in [-0.39, 0.29) is 12.5 Å². The van der Waals surface area contributed by atoms with Crippen LogP contribution in [0.25, 0.3) is 0 Å². The largest absolute Gasteiger partial charge is 0.394 e. The molecule has 7 atom stereocenters. The van der Waals surface area contributed by atoms with E-state index >= 15 is 0 Å². The Morgan fingerprint density at radius 1 is 0.453 bits per heavy atom. The molecule has 6 N–H and O–H groups in total. The summed E-state index contributed by atoms with van der Waals surface area (Å²) in [5, 5.41) is 54.7. The first-order valence-electron chi connectivity index (χ1n) is 33.0. The minimum absolute atomic E-state index is 0.133. The van der Waals surface area contributed by atoms with Gasteiger partial charge in [0, 0.05) is 6.42 Å². The van der Waals surface area contributed by atoms with Crippen molar-refractivity contribution in [2.24, 2.45) is 0 Å². The molecule has 444 valence electrons. The number of amides is 1. The first-order valence-corrected chi connectivity index (χ1v) is 33.0. The van der Waals surface area contributed by atoms with Gasteiger partial charge in [0.1, 0.15) is 24.4 Å². The van der Waals surface area contributed by atoms with Gasteiger partial charge in [0.2, 0.25) is 5.91 Å². The van der Waals surface area contributed by atoms with Crippen LogP contribution in [0.2, 0.25) is 0 Å². The highest BCUT2D eigenvalue weighted by Gasteiger charge is 2.44. The molecular weight excluding hydrogens is 935 g/mol. The van der Waals surface area contributed by atoms with E-state index in [2.05, 4.69) is 43.5 Å². The van der Waals surface area contributed by atoms with E-state index in [0.29, 0.717) is 12.8 Å². The second-order valence-corrected chi connectivity index (χ2v) is 23.3. The van der Waals surface area contributed by atoms with Crippen molar-refractivity contribution in [2.45, 2.75) is 378 Å². The summed E-state index contributed by atoms with van der Waals surface area (Å²) in [4.78, 5) is 13.1. The maximum Gasteiger partial charge on any atom is 0.220 e. The van der Waals surface area contributed by atoms with Crippen molar-refractivity contribution in [1.82, 2.24) is 5.32 Å². The Balaban J connectivity index is 2.00. The highest BCUT2D eigenvalue weighted by Crippen LogP contribution is 2.24. The van der Waals surface area contributed by atoms with Gasteiger partial charge in [0.05, 0.1) is 25.4 Å². The smallest absolute Gasteiger partial charge is 0.220 e. The second kappa shape index (κ2) is 56.0. The predicted molar refractivity (Wildman–Crippen MR) is 318 cm³/mol. The number of carbonyl (C=O) groups is 1. The molecule has 0 saturated carbocycles. The third-order valence-corrected chi connectivity index (χ3v) is 16.1. The monoisotopic (exact) mass is 1060 g/mol. The Hall–Kier alpha value is -1.33. The SMILES string of the molecule is CCCCCCC/C=C\C/C=C\CCCCCCCCCCCCCCCCCCCCCCCCCCCCCC(=O)NC(COC1OC(CO)C(O)C(O)C1O)C(O)CCCCCCCCCCCCCCC. The summed E-state index contributed by atoms with van der Waals surface area (Å²) in [6.07, 6.45) is 65.4. The van der Waals surface area contributed by atoms with Gasteiger partial charge in [0.25, 0.3) is 0 Å². The number of carbonyl (C=O) groups excluding carboxylic acids is 1. The molecule has 0 radical (unpaired) electrons. The van der Waals surface area contributed by atoms with Crippen LogP contribution < -0.4 is 5.32 Å². The first kappa shape index (κ1) is 71.7. The molecule has 0 aliphatic carbocycles. The lowest BCUT2D eigenvalue weighted by molar-refractivity contribution is -0.302. The van der Waals surface area contributed by atoms with E-state index in [1.807, 2.05) is 0 Å². The van der Waals surface area contributed by atoms with Crippen molar-refractivity contribution < 1.29 is 39.8 Å². The zero-order chi connectivity index (χ0) is 54.3. The number of ether oxygens (including phenoxy) is 2. The molecule has 75 heavy (non-hydrogen) atoms. The molecule has 9 heteroatoms. The molecular formula is C66H127NO8. The molecule has 1 heterocycles. The molecule has 1 fully saturated rings. The number of hydrogen-bond donors (Lipinski definition) is 6. The standard InChI is InChI=1S/C66H127NO8/c1-3-5-7-9-11-13-15-17-18-19-20-21-22-23-24-25-26-27-28-29-30-31-32-33-34-35-36-37-38-39-40-41-42-44-46-48-50-52-54-56-62(70)67-59(58-74-66-65(73)64(72)63(71)61(57-68)75-66)60(69)55-53-51-49-47-45-43-16-14-12-10-8-6-4-2/h15,17,19-20,59-61,63-66,68-69,71-73H,3-14,16,18,21-58H2,1-2H3,(H,67,70)/b17-15-,20-19-. The third kappa shape index (κ3) is 45.1. The minimum Gasteiger partial charge on any atom is -0.394 e. The Morgan fingerprint density at radius 3 is 1.15 bits per heavy atom. The van der Waals surface area contributed by atoms with Crippen LogP contribution in [0.4, 0.5) is 0 Å². The summed E-state index contributed by atoms with van der Waals surface area (Å²) in [7, 11) is 0. The highest BCUT2D eigenvalue weighted by atomic mass is 16.7. The van der Waals surface area contributed by atoms with Crippen molar-refractivity contribution in [3.8, 4) is 0 Å². The molecule has 1 aliphatic heterocycles. The number of nitrogens with one attached hydrogen (secondary N) is 1. The van der Waals surface area contributed by atoms with E-state index in [1.54, 1.807) is 0 Å². The molecule has 1 amide bonds. The topological polar surface area (TPSA) is 149 Å². The lowest BCUT2D eigenvalue weighted by Gasteiger charge is -2.40. The summed E-state index contributed by atoms with van der Waals surface area (Å²) in [5.74, 6) is -0.138. The fraction of sp³-hybridized carbons (Fsp3) is 0.924. The summed E-state index contributed by atoms with van der Waals surface area (Å²) >= 11 is 0. The molecule has 0 bridgehead atoms. The molecule has 1 saturated heterocycles. The summed E-state index contributed by atoms with van der Waals surface area (Å²) < 4.78 is 11.3. The van der Waals surface area contributed by atoms with E-state index < -0.39 is 49.5 Å². The fourth-order valence-electron chi connectivity index (χ4n) is 10.8. The fourth-order valence-corrected chi connectivity index (χ4v) is 10.8. The third-order valence-electron chi connectivity index (χ3n) is 16.1. The van der Waals surface area contributed by atoms with Gasteiger partial charge in [-0.15, -0.1) is 0 Å². The molecule has 0 spiro atoms. The molecule has 0 aromatic heterocycles. The van der Waals surface area contributed by atoms with Crippen LogP contribution in [0.3, 0.4) is 0 Å². The summed E-state index contributed by atoms with van der Waals surface area (Å²) in [5.41, 5.74) is 0. The van der Waals surface area contributed by atoms with Crippen LogP contribution in [-0.2, 0) is 14.3 Å².